The number of hydrogen-bond donors (Lipinski definition) is 1. The largest absolute Gasteiger partial charge is 0.493 e. The predicted molar refractivity (Wildman–Crippen MR) is 95.4 cm³/mol. The molecule has 24 heavy (non-hydrogen) atoms. The molecule has 1 aliphatic rings. The lowest BCUT2D eigenvalue weighted by molar-refractivity contribution is -0.132. The molecule has 1 aromatic heterocycles. The molecule has 5 heteroatoms. The van der Waals surface area contributed by atoms with E-state index in [4.69, 9.17) is 16.3 Å². The minimum Gasteiger partial charge on any atom is -0.493 e. The van der Waals surface area contributed by atoms with E-state index in [0.717, 1.165) is 42.8 Å². The van der Waals surface area contributed by atoms with E-state index in [0.29, 0.717) is 18.1 Å². The minimum absolute atomic E-state index is 0.201. The molecule has 1 saturated heterocycles. The average molecular weight is 347 g/mol. The molecule has 1 N–H and O–H groups in total. The van der Waals surface area contributed by atoms with E-state index in [2.05, 4.69) is 11.1 Å². The number of H-pyrrole nitrogens is 1. The molecule has 1 atom stereocenters. The van der Waals surface area contributed by atoms with Crippen LogP contribution in [-0.4, -0.2) is 28.9 Å². The zero-order chi connectivity index (χ0) is 16.9. The van der Waals surface area contributed by atoms with Crippen LogP contribution in [-0.2, 0) is 4.79 Å². The summed E-state index contributed by atoms with van der Waals surface area (Å²) in [6, 6.07) is 9.82. The number of halogens is 1. The Morgan fingerprint density at radius 3 is 3.04 bits per heavy atom. The monoisotopic (exact) mass is 346 g/mol. The molecule has 1 aromatic carbocycles. The van der Waals surface area contributed by atoms with Gasteiger partial charge < -0.3 is 14.6 Å². The van der Waals surface area contributed by atoms with Crippen LogP contribution in [0.15, 0.2) is 36.5 Å². The van der Waals surface area contributed by atoms with Crippen molar-refractivity contribution in [2.24, 2.45) is 0 Å². The summed E-state index contributed by atoms with van der Waals surface area (Å²) in [6.45, 7) is 3.35. The smallest absolute Gasteiger partial charge is 0.223 e. The van der Waals surface area contributed by atoms with Crippen LogP contribution in [0, 0.1) is 6.92 Å². The number of rotatable bonds is 6. The number of benzene rings is 1. The van der Waals surface area contributed by atoms with Crippen LogP contribution < -0.4 is 4.74 Å². The van der Waals surface area contributed by atoms with Crippen molar-refractivity contribution in [1.29, 1.82) is 0 Å². The first-order valence-electron chi connectivity index (χ1n) is 8.47. The second kappa shape index (κ2) is 7.75. The Balaban J connectivity index is 1.47. The van der Waals surface area contributed by atoms with Crippen LogP contribution in [0.3, 0.4) is 0 Å². The van der Waals surface area contributed by atoms with Crippen molar-refractivity contribution in [1.82, 2.24) is 9.88 Å². The number of carbonyl (C=O) groups is 1. The fourth-order valence-electron chi connectivity index (χ4n) is 3.26. The van der Waals surface area contributed by atoms with Gasteiger partial charge in [0.1, 0.15) is 5.75 Å². The second-order valence-corrected chi connectivity index (χ2v) is 6.67. The number of nitrogens with zero attached hydrogens (tertiary/aromatic N) is 1. The molecule has 1 unspecified atom stereocenters. The van der Waals surface area contributed by atoms with Gasteiger partial charge in [0.25, 0.3) is 0 Å². The number of aromatic amines is 1. The summed E-state index contributed by atoms with van der Waals surface area (Å²) in [5.74, 6) is 1.04. The lowest BCUT2D eigenvalue weighted by Crippen LogP contribution is -2.30. The molecule has 2 aromatic rings. The maximum Gasteiger partial charge on any atom is 0.223 e. The standard InChI is InChI=1S/C19H23ClN2O2/c1-14-13-15(20)8-9-18(14)24-12-4-7-19(23)22-11-3-6-17(22)16-5-2-10-21-16/h2,5,8-10,13,17,21H,3-4,6-7,11-12H2,1H3. The van der Waals surface area contributed by atoms with Crippen LogP contribution >= 0.6 is 11.6 Å². The number of likely N-dealkylation sites (tertiary alicyclic amines) is 1. The zero-order valence-corrected chi connectivity index (χ0v) is 14.7. The van der Waals surface area contributed by atoms with Gasteiger partial charge in [-0.3, -0.25) is 4.79 Å². The Hall–Kier alpha value is -1.94. The first-order chi connectivity index (χ1) is 11.6. The maximum atomic E-state index is 12.5. The second-order valence-electron chi connectivity index (χ2n) is 6.23. The number of carbonyl (C=O) groups excluding carboxylic acids is 1. The molecule has 1 amide bonds. The van der Waals surface area contributed by atoms with Crippen molar-refractivity contribution in [2.45, 2.75) is 38.6 Å². The van der Waals surface area contributed by atoms with Gasteiger partial charge in [-0.25, -0.2) is 0 Å². The number of hydrogen-bond acceptors (Lipinski definition) is 2. The highest BCUT2D eigenvalue weighted by atomic mass is 35.5. The van der Waals surface area contributed by atoms with Gasteiger partial charge in [-0.15, -0.1) is 0 Å². The van der Waals surface area contributed by atoms with Crippen LogP contribution in [0.1, 0.15) is 43.0 Å². The minimum atomic E-state index is 0.201. The van der Waals surface area contributed by atoms with Gasteiger partial charge in [0.15, 0.2) is 0 Å². The third-order valence-electron chi connectivity index (χ3n) is 4.48. The van der Waals surface area contributed by atoms with E-state index in [1.54, 1.807) is 0 Å². The van der Waals surface area contributed by atoms with E-state index in [1.807, 2.05) is 42.3 Å². The molecule has 0 radical (unpaired) electrons. The van der Waals surface area contributed by atoms with Gasteiger partial charge in [-0.05, 0) is 62.1 Å². The van der Waals surface area contributed by atoms with Crippen LogP contribution in [0.5, 0.6) is 5.75 Å². The Kier molecular flexibility index (Phi) is 5.46. The summed E-state index contributed by atoms with van der Waals surface area (Å²) >= 11 is 5.94. The van der Waals surface area contributed by atoms with Gasteiger partial charge >= 0.3 is 0 Å². The number of aryl methyl sites for hydroxylation is 1. The van der Waals surface area contributed by atoms with Crippen molar-refractivity contribution in [2.75, 3.05) is 13.2 Å². The third kappa shape index (κ3) is 3.93. The Morgan fingerprint density at radius 1 is 1.42 bits per heavy atom. The molecule has 4 nitrogen and oxygen atoms in total. The molecule has 128 valence electrons. The number of aromatic nitrogens is 1. The van der Waals surface area contributed by atoms with E-state index >= 15 is 0 Å². The van der Waals surface area contributed by atoms with E-state index in [-0.39, 0.29) is 11.9 Å². The van der Waals surface area contributed by atoms with Crippen molar-refractivity contribution < 1.29 is 9.53 Å². The molecule has 3 rings (SSSR count). The quantitative estimate of drug-likeness (QED) is 0.783. The van der Waals surface area contributed by atoms with Crippen molar-refractivity contribution >= 4 is 17.5 Å². The highest BCUT2D eigenvalue weighted by Gasteiger charge is 2.29. The Labute approximate surface area is 147 Å². The molecule has 0 aliphatic carbocycles. The summed E-state index contributed by atoms with van der Waals surface area (Å²) < 4.78 is 5.77. The van der Waals surface area contributed by atoms with Crippen LogP contribution in [0.4, 0.5) is 0 Å². The Bertz CT molecular complexity index is 685. The topological polar surface area (TPSA) is 45.3 Å². The van der Waals surface area contributed by atoms with Crippen LogP contribution in [0.2, 0.25) is 5.02 Å². The van der Waals surface area contributed by atoms with E-state index < -0.39 is 0 Å². The SMILES string of the molecule is Cc1cc(Cl)ccc1OCCCC(=O)N1CCCC1c1ccc[nH]1. The first-order valence-corrected chi connectivity index (χ1v) is 8.84. The van der Waals surface area contributed by atoms with Gasteiger partial charge in [0.2, 0.25) is 5.91 Å². The summed E-state index contributed by atoms with van der Waals surface area (Å²) in [7, 11) is 0. The number of ether oxygens (including phenoxy) is 1. The molecule has 1 aliphatic heterocycles. The fraction of sp³-hybridized carbons (Fsp3) is 0.421. The highest BCUT2D eigenvalue weighted by Crippen LogP contribution is 2.31. The molecular formula is C19H23ClN2O2. The normalized spacial score (nSPS) is 17.2. The first kappa shape index (κ1) is 16.9. The summed E-state index contributed by atoms with van der Waals surface area (Å²) in [4.78, 5) is 17.7. The van der Waals surface area contributed by atoms with Gasteiger partial charge in [0, 0.05) is 29.9 Å². The molecule has 1 fully saturated rings. The average Bonchev–Trinajstić information content (AvgIpc) is 3.23. The molecule has 0 saturated carbocycles. The Morgan fingerprint density at radius 2 is 2.29 bits per heavy atom. The summed E-state index contributed by atoms with van der Waals surface area (Å²) in [6.07, 6.45) is 5.25. The maximum absolute atomic E-state index is 12.5. The zero-order valence-electron chi connectivity index (χ0n) is 13.9. The highest BCUT2D eigenvalue weighted by molar-refractivity contribution is 6.30. The van der Waals surface area contributed by atoms with E-state index in [1.165, 1.54) is 0 Å². The number of amides is 1. The van der Waals surface area contributed by atoms with Gasteiger partial charge in [0.05, 0.1) is 12.6 Å². The van der Waals surface area contributed by atoms with Crippen molar-refractivity contribution in [3.63, 3.8) is 0 Å². The van der Waals surface area contributed by atoms with Crippen LogP contribution in [0.25, 0.3) is 0 Å². The fourth-order valence-corrected chi connectivity index (χ4v) is 3.49. The molecule has 0 bridgehead atoms. The summed E-state index contributed by atoms with van der Waals surface area (Å²) in [5.41, 5.74) is 2.15. The lowest BCUT2D eigenvalue weighted by Gasteiger charge is -2.24. The molecular weight excluding hydrogens is 324 g/mol. The third-order valence-corrected chi connectivity index (χ3v) is 4.72. The number of nitrogens with one attached hydrogen (secondary N) is 1. The lowest BCUT2D eigenvalue weighted by atomic mass is 10.1. The molecule has 2 heterocycles. The van der Waals surface area contributed by atoms with E-state index in [9.17, 15) is 4.79 Å². The summed E-state index contributed by atoms with van der Waals surface area (Å²) in [5, 5.41) is 0.708. The van der Waals surface area contributed by atoms with Crippen molar-refractivity contribution in [3.8, 4) is 5.75 Å². The van der Waals surface area contributed by atoms with Gasteiger partial charge in [-0.2, -0.15) is 0 Å². The predicted octanol–water partition coefficient (Wildman–Crippen LogP) is 4.50. The molecule has 0 spiro atoms. The van der Waals surface area contributed by atoms with Crippen molar-refractivity contribution in [3.05, 3.63) is 52.8 Å². The van der Waals surface area contributed by atoms with Gasteiger partial charge in [-0.1, -0.05) is 11.6 Å².